The number of benzene rings is 1. The summed E-state index contributed by atoms with van der Waals surface area (Å²) in [5, 5.41) is 0. The van der Waals surface area contributed by atoms with E-state index < -0.39 is 0 Å². The molecule has 0 atom stereocenters. The molecule has 0 N–H and O–H groups in total. The minimum Gasteiger partial charge on any atom is -0.490 e. The van der Waals surface area contributed by atoms with Gasteiger partial charge in [-0.1, -0.05) is 26.0 Å². The van der Waals surface area contributed by atoms with Crippen LogP contribution in [0, 0.1) is 0 Å². The van der Waals surface area contributed by atoms with E-state index in [1.807, 2.05) is 26.0 Å². The normalized spacial score (nSPS) is 10.9. The Morgan fingerprint density at radius 2 is 1.88 bits per heavy atom. The fraction of sp³-hybridized carbons (Fsp3) is 0.462. The molecule has 1 rings (SSSR count). The zero-order valence-corrected chi connectivity index (χ0v) is 11.7. The average Bonchev–Trinajstić information content (AvgIpc) is 2.19. The maximum absolute atomic E-state index is 10.9. The van der Waals surface area contributed by atoms with Crippen LogP contribution in [0.3, 0.4) is 0 Å². The predicted octanol–water partition coefficient (Wildman–Crippen LogP) is 4.17. The Morgan fingerprint density at radius 1 is 1.25 bits per heavy atom. The highest BCUT2D eigenvalue weighted by Gasteiger charge is 2.15. The molecular weight excluding hydrogens is 268 g/mol. The maximum atomic E-state index is 10.9. The lowest BCUT2D eigenvalue weighted by molar-refractivity contribution is 0.112. The minimum atomic E-state index is 0.0932. The third-order valence-electron chi connectivity index (χ3n) is 2.26. The topological polar surface area (TPSA) is 26.3 Å². The second-order valence-electron chi connectivity index (χ2n) is 4.33. The molecule has 0 aliphatic heterocycles. The smallest absolute Gasteiger partial charge is 0.151 e. The summed E-state index contributed by atoms with van der Waals surface area (Å²) in [7, 11) is 0. The van der Waals surface area contributed by atoms with Crippen molar-refractivity contribution in [3.8, 4) is 5.75 Å². The van der Waals surface area contributed by atoms with Crippen molar-refractivity contribution in [1.29, 1.82) is 0 Å². The van der Waals surface area contributed by atoms with Crippen LogP contribution in [0.4, 0.5) is 0 Å². The van der Waals surface area contributed by atoms with E-state index in [0.29, 0.717) is 11.5 Å². The number of carbonyl (C=O) groups is 1. The lowest BCUT2D eigenvalue weighted by Crippen LogP contribution is -2.09. The summed E-state index contributed by atoms with van der Waals surface area (Å²) in [6.07, 6.45) is 0.928. The zero-order chi connectivity index (χ0) is 12.3. The molecule has 0 saturated heterocycles. The van der Waals surface area contributed by atoms with E-state index in [-0.39, 0.29) is 6.10 Å². The van der Waals surface area contributed by atoms with Gasteiger partial charge in [0.2, 0.25) is 0 Å². The Balaban J connectivity index is 3.30. The van der Waals surface area contributed by atoms with E-state index in [1.165, 1.54) is 0 Å². The summed E-state index contributed by atoms with van der Waals surface area (Å²) in [6.45, 7) is 8.17. The second kappa shape index (κ2) is 5.48. The molecular formula is C13H17BrO2. The minimum absolute atomic E-state index is 0.0932. The highest BCUT2D eigenvalue weighted by atomic mass is 79.9. The van der Waals surface area contributed by atoms with Crippen molar-refractivity contribution in [1.82, 2.24) is 0 Å². The quantitative estimate of drug-likeness (QED) is 0.776. The van der Waals surface area contributed by atoms with Gasteiger partial charge < -0.3 is 4.74 Å². The molecule has 0 bridgehead atoms. The van der Waals surface area contributed by atoms with Crippen LogP contribution >= 0.6 is 15.9 Å². The van der Waals surface area contributed by atoms with E-state index in [4.69, 9.17) is 4.74 Å². The van der Waals surface area contributed by atoms with Crippen LogP contribution in [0.2, 0.25) is 0 Å². The van der Waals surface area contributed by atoms with Gasteiger partial charge in [-0.15, -0.1) is 0 Å². The fourth-order valence-corrected chi connectivity index (χ4v) is 2.04. The lowest BCUT2D eigenvalue weighted by atomic mass is 10.0. The Labute approximate surface area is 105 Å². The van der Waals surface area contributed by atoms with E-state index in [9.17, 15) is 4.79 Å². The van der Waals surface area contributed by atoms with Gasteiger partial charge in [-0.05, 0) is 41.3 Å². The van der Waals surface area contributed by atoms with Crippen LogP contribution in [-0.2, 0) is 0 Å². The number of aldehydes is 1. The lowest BCUT2D eigenvalue weighted by Gasteiger charge is -2.18. The molecule has 0 amide bonds. The highest BCUT2D eigenvalue weighted by Crippen LogP contribution is 2.36. The van der Waals surface area contributed by atoms with Gasteiger partial charge in [-0.25, -0.2) is 0 Å². The fourth-order valence-electron chi connectivity index (χ4n) is 1.49. The van der Waals surface area contributed by atoms with Crippen molar-refractivity contribution in [3.63, 3.8) is 0 Å². The van der Waals surface area contributed by atoms with Crippen LogP contribution in [0.25, 0.3) is 0 Å². The van der Waals surface area contributed by atoms with Gasteiger partial charge in [0, 0.05) is 5.56 Å². The van der Waals surface area contributed by atoms with E-state index in [2.05, 4.69) is 29.8 Å². The number of carbonyl (C=O) groups excluding carboxylic acids is 1. The molecule has 0 unspecified atom stereocenters. The molecule has 0 aromatic heterocycles. The van der Waals surface area contributed by atoms with E-state index in [1.54, 1.807) is 0 Å². The van der Waals surface area contributed by atoms with Crippen molar-refractivity contribution in [2.75, 3.05) is 0 Å². The maximum Gasteiger partial charge on any atom is 0.151 e. The van der Waals surface area contributed by atoms with Crippen molar-refractivity contribution < 1.29 is 9.53 Å². The number of rotatable bonds is 4. The van der Waals surface area contributed by atoms with Gasteiger partial charge in [0.05, 0.1) is 10.6 Å². The van der Waals surface area contributed by atoms with Crippen molar-refractivity contribution >= 4 is 22.2 Å². The average molecular weight is 285 g/mol. The monoisotopic (exact) mass is 284 g/mol. The summed E-state index contributed by atoms with van der Waals surface area (Å²) in [6, 6.07) is 3.77. The van der Waals surface area contributed by atoms with Crippen LogP contribution in [0.15, 0.2) is 16.6 Å². The number of hydrogen-bond acceptors (Lipinski definition) is 2. The third-order valence-corrected chi connectivity index (χ3v) is 3.08. The van der Waals surface area contributed by atoms with Gasteiger partial charge in [-0.2, -0.15) is 0 Å². The first-order valence-electron chi connectivity index (χ1n) is 5.41. The second-order valence-corrected chi connectivity index (χ2v) is 5.12. The standard InChI is InChI=1S/C13H17BrO2/c1-8(2)11-6-5-10(7-15)12(14)13(11)16-9(3)4/h5-9H,1-4H3. The molecule has 0 aliphatic rings. The molecule has 0 saturated carbocycles. The van der Waals surface area contributed by atoms with Crippen LogP contribution in [0.5, 0.6) is 5.75 Å². The van der Waals surface area contributed by atoms with Gasteiger partial charge in [0.15, 0.2) is 6.29 Å². The first-order valence-corrected chi connectivity index (χ1v) is 6.20. The molecule has 0 heterocycles. The van der Waals surface area contributed by atoms with E-state index >= 15 is 0 Å². The Bertz CT molecular complexity index is 384. The van der Waals surface area contributed by atoms with Crippen molar-refractivity contribution in [3.05, 3.63) is 27.7 Å². The SMILES string of the molecule is CC(C)Oc1c(C(C)C)ccc(C=O)c1Br. The van der Waals surface area contributed by atoms with Crippen molar-refractivity contribution in [2.45, 2.75) is 39.7 Å². The summed E-state index contributed by atoms with van der Waals surface area (Å²) in [4.78, 5) is 10.9. The molecule has 1 aromatic rings. The summed E-state index contributed by atoms with van der Waals surface area (Å²) in [5.74, 6) is 1.15. The Morgan fingerprint density at radius 3 is 2.31 bits per heavy atom. The van der Waals surface area contributed by atoms with Crippen LogP contribution in [-0.4, -0.2) is 12.4 Å². The number of hydrogen-bond donors (Lipinski definition) is 0. The first kappa shape index (κ1) is 13.2. The molecule has 2 nitrogen and oxygen atoms in total. The molecule has 16 heavy (non-hydrogen) atoms. The highest BCUT2D eigenvalue weighted by molar-refractivity contribution is 9.10. The predicted molar refractivity (Wildman–Crippen MR) is 69.4 cm³/mol. The molecule has 88 valence electrons. The summed E-state index contributed by atoms with van der Waals surface area (Å²) < 4.78 is 6.53. The van der Waals surface area contributed by atoms with Crippen LogP contribution < -0.4 is 4.74 Å². The third kappa shape index (κ3) is 2.85. The first-order chi connectivity index (χ1) is 7.47. The molecule has 0 aliphatic carbocycles. The van der Waals surface area contributed by atoms with Gasteiger partial charge in [0.1, 0.15) is 5.75 Å². The zero-order valence-electron chi connectivity index (χ0n) is 10.1. The molecule has 3 heteroatoms. The number of halogens is 1. The van der Waals surface area contributed by atoms with Crippen molar-refractivity contribution in [2.24, 2.45) is 0 Å². The Kier molecular flexibility index (Phi) is 4.54. The van der Waals surface area contributed by atoms with Crippen LogP contribution in [0.1, 0.15) is 49.5 Å². The van der Waals surface area contributed by atoms with E-state index in [0.717, 1.165) is 22.1 Å². The largest absolute Gasteiger partial charge is 0.490 e. The number of ether oxygens (including phenoxy) is 1. The summed E-state index contributed by atoms with van der Waals surface area (Å²) in [5.41, 5.74) is 1.74. The van der Waals surface area contributed by atoms with Gasteiger partial charge in [0.25, 0.3) is 0 Å². The molecule has 0 spiro atoms. The molecule has 0 radical (unpaired) electrons. The Hall–Kier alpha value is -0.830. The van der Waals surface area contributed by atoms with Gasteiger partial charge >= 0.3 is 0 Å². The molecule has 0 fully saturated rings. The summed E-state index contributed by atoms with van der Waals surface area (Å²) >= 11 is 3.43. The van der Waals surface area contributed by atoms with Gasteiger partial charge in [-0.3, -0.25) is 4.79 Å². The molecule has 1 aromatic carbocycles.